The first-order valence-corrected chi connectivity index (χ1v) is 8.20. The number of piperidine rings is 1. The molecule has 1 unspecified atom stereocenters. The summed E-state index contributed by atoms with van der Waals surface area (Å²) < 4.78 is 0. The SMILES string of the molecule is CC1(C)Cc2ccccc2C1NCCN1CCCCC1. The lowest BCUT2D eigenvalue weighted by Crippen LogP contribution is -2.39. The minimum atomic E-state index is 0.339. The third-order valence-electron chi connectivity index (χ3n) is 5.02. The Hall–Kier alpha value is -0.860. The fourth-order valence-corrected chi connectivity index (χ4v) is 3.93. The molecule has 0 aromatic heterocycles. The summed E-state index contributed by atoms with van der Waals surface area (Å²) in [6, 6.07) is 9.47. The van der Waals surface area contributed by atoms with Crippen LogP contribution in [-0.2, 0) is 6.42 Å². The van der Waals surface area contributed by atoms with Crippen molar-refractivity contribution in [2.75, 3.05) is 26.2 Å². The first kappa shape index (κ1) is 14.1. The maximum atomic E-state index is 3.83. The zero-order chi connectivity index (χ0) is 14.0. The molecule has 20 heavy (non-hydrogen) atoms. The first-order chi connectivity index (χ1) is 9.67. The molecule has 1 aromatic rings. The Morgan fingerprint density at radius 3 is 2.70 bits per heavy atom. The van der Waals surface area contributed by atoms with Crippen LogP contribution in [0.5, 0.6) is 0 Å². The fraction of sp³-hybridized carbons (Fsp3) is 0.667. The quantitative estimate of drug-likeness (QED) is 0.904. The Labute approximate surface area is 123 Å². The summed E-state index contributed by atoms with van der Waals surface area (Å²) in [5.41, 5.74) is 3.40. The smallest absolute Gasteiger partial charge is 0.0378 e. The average molecular weight is 272 g/mol. The summed E-state index contributed by atoms with van der Waals surface area (Å²) in [7, 11) is 0. The Morgan fingerprint density at radius 2 is 1.90 bits per heavy atom. The molecule has 1 aliphatic carbocycles. The van der Waals surface area contributed by atoms with Crippen LogP contribution in [0.2, 0.25) is 0 Å². The molecule has 0 spiro atoms. The van der Waals surface area contributed by atoms with Crippen molar-refractivity contribution in [2.24, 2.45) is 5.41 Å². The molecule has 1 fully saturated rings. The van der Waals surface area contributed by atoms with Crippen molar-refractivity contribution >= 4 is 0 Å². The van der Waals surface area contributed by atoms with E-state index in [1.54, 1.807) is 0 Å². The monoisotopic (exact) mass is 272 g/mol. The molecular weight excluding hydrogens is 244 g/mol. The van der Waals surface area contributed by atoms with Gasteiger partial charge in [0.2, 0.25) is 0 Å². The maximum absolute atomic E-state index is 3.83. The lowest BCUT2D eigenvalue weighted by molar-refractivity contribution is 0.210. The van der Waals surface area contributed by atoms with Crippen LogP contribution < -0.4 is 5.32 Å². The molecular formula is C18H28N2. The Bertz CT molecular complexity index is 446. The topological polar surface area (TPSA) is 15.3 Å². The summed E-state index contributed by atoms with van der Waals surface area (Å²) in [4.78, 5) is 2.62. The van der Waals surface area contributed by atoms with Crippen LogP contribution in [0.1, 0.15) is 50.3 Å². The summed E-state index contributed by atoms with van der Waals surface area (Å²) in [6.45, 7) is 9.70. The molecule has 1 aromatic carbocycles. The molecule has 2 nitrogen and oxygen atoms in total. The van der Waals surface area contributed by atoms with Crippen molar-refractivity contribution in [3.63, 3.8) is 0 Å². The summed E-state index contributed by atoms with van der Waals surface area (Å²) in [6.07, 6.45) is 5.40. The van der Waals surface area contributed by atoms with Gasteiger partial charge in [0.05, 0.1) is 0 Å². The van der Waals surface area contributed by atoms with E-state index in [2.05, 4.69) is 48.3 Å². The van der Waals surface area contributed by atoms with Crippen molar-refractivity contribution in [3.8, 4) is 0 Å². The summed E-state index contributed by atoms with van der Waals surface area (Å²) >= 11 is 0. The number of likely N-dealkylation sites (tertiary alicyclic amines) is 1. The van der Waals surface area contributed by atoms with E-state index < -0.39 is 0 Å². The molecule has 0 bridgehead atoms. The molecule has 1 N–H and O–H groups in total. The van der Waals surface area contributed by atoms with E-state index in [9.17, 15) is 0 Å². The number of nitrogens with zero attached hydrogens (tertiary/aromatic N) is 1. The van der Waals surface area contributed by atoms with E-state index in [1.807, 2.05) is 0 Å². The van der Waals surface area contributed by atoms with E-state index in [1.165, 1.54) is 56.4 Å². The summed E-state index contributed by atoms with van der Waals surface area (Å²) in [5.74, 6) is 0. The number of benzene rings is 1. The molecule has 2 heteroatoms. The van der Waals surface area contributed by atoms with Gasteiger partial charge in [0.1, 0.15) is 0 Å². The predicted octanol–water partition coefficient (Wildman–Crippen LogP) is 3.39. The third kappa shape index (κ3) is 2.91. The van der Waals surface area contributed by atoms with Gasteiger partial charge in [-0.25, -0.2) is 0 Å². The van der Waals surface area contributed by atoms with Gasteiger partial charge in [-0.3, -0.25) is 0 Å². The predicted molar refractivity (Wildman–Crippen MR) is 85.0 cm³/mol. The van der Waals surface area contributed by atoms with Gasteiger partial charge in [-0.05, 0) is 48.9 Å². The standard InChI is InChI=1S/C18H28N2/c1-18(2)14-15-8-4-5-9-16(15)17(18)19-10-13-20-11-6-3-7-12-20/h4-5,8-9,17,19H,3,6-7,10-14H2,1-2H3. The Balaban J connectivity index is 1.58. The Kier molecular flexibility index (Phi) is 4.13. The molecule has 0 amide bonds. The first-order valence-electron chi connectivity index (χ1n) is 8.20. The lowest BCUT2D eigenvalue weighted by atomic mass is 9.85. The van der Waals surface area contributed by atoms with Crippen molar-refractivity contribution in [2.45, 2.75) is 45.6 Å². The van der Waals surface area contributed by atoms with Gasteiger partial charge in [0.25, 0.3) is 0 Å². The zero-order valence-corrected chi connectivity index (χ0v) is 13.0. The lowest BCUT2D eigenvalue weighted by Gasteiger charge is -2.31. The maximum Gasteiger partial charge on any atom is 0.0378 e. The van der Waals surface area contributed by atoms with Gasteiger partial charge in [-0.2, -0.15) is 0 Å². The van der Waals surface area contributed by atoms with Crippen LogP contribution in [0, 0.1) is 5.41 Å². The van der Waals surface area contributed by atoms with Crippen LogP contribution >= 0.6 is 0 Å². The largest absolute Gasteiger partial charge is 0.308 e. The van der Waals surface area contributed by atoms with Crippen LogP contribution in [-0.4, -0.2) is 31.1 Å². The molecule has 0 radical (unpaired) electrons. The van der Waals surface area contributed by atoms with Crippen molar-refractivity contribution in [3.05, 3.63) is 35.4 Å². The number of fused-ring (bicyclic) bond motifs is 1. The van der Waals surface area contributed by atoms with Crippen LogP contribution in [0.25, 0.3) is 0 Å². The van der Waals surface area contributed by atoms with E-state index in [0.29, 0.717) is 11.5 Å². The molecule has 3 rings (SSSR count). The van der Waals surface area contributed by atoms with E-state index in [0.717, 1.165) is 6.54 Å². The number of rotatable bonds is 4. The minimum absolute atomic E-state index is 0.339. The molecule has 110 valence electrons. The highest BCUT2D eigenvalue weighted by atomic mass is 15.1. The van der Waals surface area contributed by atoms with Gasteiger partial charge in [-0.15, -0.1) is 0 Å². The van der Waals surface area contributed by atoms with E-state index >= 15 is 0 Å². The van der Waals surface area contributed by atoms with Crippen LogP contribution in [0.4, 0.5) is 0 Å². The normalized spacial score (nSPS) is 25.6. The van der Waals surface area contributed by atoms with Gasteiger partial charge < -0.3 is 10.2 Å². The second-order valence-corrected chi connectivity index (χ2v) is 7.15. The third-order valence-corrected chi connectivity index (χ3v) is 5.02. The molecule has 1 saturated heterocycles. The zero-order valence-electron chi connectivity index (χ0n) is 13.0. The molecule has 1 heterocycles. The second-order valence-electron chi connectivity index (χ2n) is 7.15. The van der Waals surface area contributed by atoms with Gasteiger partial charge in [-0.1, -0.05) is 44.5 Å². The average Bonchev–Trinajstić information content (AvgIpc) is 2.71. The highest BCUT2D eigenvalue weighted by Gasteiger charge is 2.38. The van der Waals surface area contributed by atoms with Gasteiger partial charge >= 0.3 is 0 Å². The van der Waals surface area contributed by atoms with E-state index in [4.69, 9.17) is 0 Å². The minimum Gasteiger partial charge on any atom is -0.308 e. The van der Waals surface area contributed by atoms with Crippen molar-refractivity contribution < 1.29 is 0 Å². The number of hydrogen-bond acceptors (Lipinski definition) is 2. The van der Waals surface area contributed by atoms with E-state index in [-0.39, 0.29) is 0 Å². The molecule has 1 aliphatic heterocycles. The number of hydrogen-bond donors (Lipinski definition) is 1. The highest BCUT2D eigenvalue weighted by molar-refractivity contribution is 5.37. The van der Waals surface area contributed by atoms with Crippen LogP contribution in [0.15, 0.2) is 24.3 Å². The highest BCUT2D eigenvalue weighted by Crippen LogP contribution is 2.44. The fourth-order valence-electron chi connectivity index (χ4n) is 3.93. The van der Waals surface area contributed by atoms with Crippen molar-refractivity contribution in [1.82, 2.24) is 10.2 Å². The summed E-state index contributed by atoms with van der Waals surface area (Å²) in [5, 5.41) is 3.83. The second kappa shape index (κ2) is 5.87. The van der Waals surface area contributed by atoms with Crippen LogP contribution in [0.3, 0.4) is 0 Å². The van der Waals surface area contributed by atoms with Gasteiger partial charge in [0.15, 0.2) is 0 Å². The Morgan fingerprint density at radius 1 is 1.15 bits per heavy atom. The molecule has 1 atom stereocenters. The number of nitrogens with one attached hydrogen (secondary N) is 1. The molecule has 2 aliphatic rings. The van der Waals surface area contributed by atoms with Gasteiger partial charge in [0, 0.05) is 19.1 Å². The van der Waals surface area contributed by atoms with Crippen molar-refractivity contribution in [1.29, 1.82) is 0 Å². The molecule has 0 saturated carbocycles.